The topological polar surface area (TPSA) is 77.8 Å². The number of anilines is 1. The van der Waals surface area contributed by atoms with E-state index in [0.717, 1.165) is 22.3 Å². The summed E-state index contributed by atoms with van der Waals surface area (Å²) in [6.45, 7) is 2.18. The van der Waals surface area contributed by atoms with Crippen LogP contribution < -0.4 is 5.73 Å². The van der Waals surface area contributed by atoms with Crippen molar-refractivity contribution in [1.29, 1.82) is 0 Å². The van der Waals surface area contributed by atoms with E-state index in [0.29, 0.717) is 23.5 Å². The molecule has 1 aliphatic carbocycles. The third-order valence-corrected chi connectivity index (χ3v) is 3.62. The number of aromatic nitrogens is 3. The van der Waals surface area contributed by atoms with Gasteiger partial charge in [-0.25, -0.2) is 4.98 Å². The molecule has 1 fully saturated rings. The van der Waals surface area contributed by atoms with Crippen LogP contribution in [0.15, 0.2) is 21.3 Å². The maximum Gasteiger partial charge on any atom is 0.230 e. The van der Waals surface area contributed by atoms with Crippen LogP contribution in [0.1, 0.15) is 25.2 Å². The van der Waals surface area contributed by atoms with E-state index in [1.54, 1.807) is 12.3 Å². The van der Waals surface area contributed by atoms with Gasteiger partial charge in [0.15, 0.2) is 0 Å². The minimum Gasteiger partial charge on any atom is -0.384 e. The second kappa shape index (κ2) is 3.80. The number of pyridine rings is 1. The molecule has 2 aromatic heterocycles. The van der Waals surface area contributed by atoms with Gasteiger partial charge >= 0.3 is 0 Å². The van der Waals surface area contributed by atoms with Gasteiger partial charge in [-0.2, -0.15) is 4.98 Å². The Bertz CT molecular complexity index is 568. The number of nitrogens with zero attached hydrogens (tertiary/aromatic N) is 3. The van der Waals surface area contributed by atoms with Crippen molar-refractivity contribution < 1.29 is 4.52 Å². The van der Waals surface area contributed by atoms with Crippen LogP contribution in [0, 0.1) is 5.92 Å². The van der Waals surface area contributed by atoms with Crippen LogP contribution >= 0.6 is 15.9 Å². The van der Waals surface area contributed by atoms with Gasteiger partial charge in [-0.1, -0.05) is 12.1 Å². The molecule has 2 unspecified atom stereocenters. The molecule has 88 valence electrons. The van der Waals surface area contributed by atoms with Crippen LogP contribution in [-0.4, -0.2) is 15.1 Å². The maximum atomic E-state index is 5.65. The Hall–Kier alpha value is -1.43. The molecule has 0 aliphatic heterocycles. The van der Waals surface area contributed by atoms with E-state index in [9.17, 15) is 0 Å². The smallest absolute Gasteiger partial charge is 0.230 e. The molecule has 0 spiro atoms. The molecule has 6 heteroatoms. The molecule has 0 amide bonds. The van der Waals surface area contributed by atoms with E-state index >= 15 is 0 Å². The molecule has 2 atom stereocenters. The highest BCUT2D eigenvalue weighted by Gasteiger charge is 2.39. The average Bonchev–Trinajstić information content (AvgIpc) is 2.85. The Kier molecular flexibility index (Phi) is 2.39. The Morgan fingerprint density at radius 3 is 3.00 bits per heavy atom. The third-order valence-electron chi connectivity index (χ3n) is 2.99. The second-order valence-corrected chi connectivity index (χ2v) is 5.22. The van der Waals surface area contributed by atoms with Gasteiger partial charge in [-0.05, 0) is 34.3 Å². The molecule has 0 saturated heterocycles. The Balaban J connectivity index is 1.98. The predicted molar refractivity (Wildman–Crippen MR) is 66.2 cm³/mol. The monoisotopic (exact) mass is 294 g/mol. The summed E-state index contributed by atoms with van der Waals surface area (Å²) in [6, 6.07) is 1.73. The molecule has 2 aromatic rings. The summed E-state index contributed by atoms with van der Waals surface area (Å²) >= 11 is 3.40. The highest BCUT2D eigenvalue weighted by atomic mass is 79.9. The van der Waals surface area contributed by atoms with Crippen LogP contribution in [0.5, 0.6) is 0 Å². The zero-order chi connectivity index (χ0) is 12.0. The predicted octanol–water partition coefficient (Wildman–Crippen LogP) is 2.60. The standard InChI is InChI=1S/C11H11BrN4O/c1-5-2-6(5)11-15-10(16-17-11)7-3-9(13)14-4-8(7)12/h3-6H,2H2,1H3,(H2,13,14). The summed E-state index contributed by atoms with van der Waals surface area (Å²) in [4.78, 5) is 8.38. The van der Waals surface area contributed by atoms with E-state index in [2.05, 4.69) is 38.0 Å². The van der Waals surface area contributed by atoms with Crippen molar-refractivity contribution >= 4 is 21.7 Å². The molecule has 0 aromatic carbocycles. The van der Waals surface area contributed by atoms with Crippen LogP contribution in [0.4, 0.5) is 5.82 Å². The summed E-state index contributed by atoms with van der Waals surface area (Å²) < 4.78 is 6.07. The lowest BCUT2D eigenvalue weighted by Gasteiger charge is -1.99. The molecule has 17 heavy (non-hydrogen) atoms. The van der Waals surface area contributed by atoms with E-state index < -0.39 is 0 Å². The van der Waals surface area contributed by atoms with Crippen molar-refractivity contribution in [2.45, 2.75) is 19.3 Å². The fraction of sp³-hybridized carbons (Fsp3) is 0.364. The molecule has 2 heterocycles. The Morgan fingerprint density at radius 1 is 1.53 bits per heavy atom. The summed E-state index contributed by atoms with van der Waals surface area (Å²) in [5.74, 6) is 2.78. The summed E-state index contributed by atoms with van der Waals surface area (Å²) in [7, 11) is 0. The van der Waals surface area contributed by atoms with Crippen LogP contribution in [0.2, 0.25) is 0 Å². The highest BCUT2D eigenvalue weighted by molar-refractivity contribution is 9.10. The van der Waals surface area contributed by atoms with Gasteiger partial charge in [-0.3, -0.25) is 0 Å². The first-order valence-electron chi connectivity index (χ1n) is 5.40. The lowest BCUT2D eigenvalue weighted by atomic mass is 10.2. The second-order valence-electron chi connectivity index (χ2n) is 4.36. The van der Waals surface area contributed by atoms with Gasteiger partial charge in [0.25, 0.3) is 0 Å². The zero-order valence-electron chi connectivity index (χ0n) is 9.22. The fourth-order valence-electron chi connectivity index (χ4n) is 1.79. The first kappa shape index (κ1) is 10.7. The molecule has 0 radical (unpaired) electrons. The molecular weight excluding hydrogens is 284 g/mol. The van der Waals surface area contributed by atoms with E-state index in [1.165, 1.54) is 0 Å². The molecule has 1 saturated carbocycles. The van der Waals surface area contributed by atoms with Crippen molar-refractivity contribution in [3.05, 3.63) is 22.6 Å². The number of hydrogen-bond donors (Lipinski definition) is 1. The van der Waals surface area contributed by atoms with Crippen molar-refractivity contribution in [3.8, 4) is 11.4 Å². The minimum absolute atomic E-state index is 0.425. The average molecular weight is 295 g/mol. The van der Waals surface area contributed by atoms with Gasteiger partial charge < -0.3 is 10.3 Å². The molecule has 5 nitrogen and oxygen atoms in total. The Labute approximate surface area is 107 Å². The molecule has 0 bridgehead atoms. The van der Waals surface area contributed by atoms with Gasteiger partial charge in [-0.15, -0.1) is 0 Å². The molecular formula is C11H11BrN4O. The highest BCUT2D eigenvalue weighted by Crippen LogP contribution is 2.46. The summed E-state index contributed by atoms with van der Waals surface area (Å²) in [6.07, 6.45) is 2.77. The molecule has 2 N–H and O–H groups in total. The number of nitrogens with two attached hydrogens (primary N) is 1. The van der Waals surface area contributed by atoms with Crippen molar-refractivity contribution in [1.82, 2.24) is 15.1 Å². The lowest BCUT2D eigenvalue weighted by Crippen LogP contribution is -1.92. The molecule has 1 aliphatic rings. The van der Waals surface area contributed by atoms with Crippen molar-refractivity contribution in [2.75, 3.05) is 5.73 Å². The van der Waals surface area contributed by atoms with Crippen LogP contribution in [-0.2, 0) is 0 Å². The van der Waals surface area contributed by atoms with Gasteiger partial charge in [0.05, 0.1) is 0 Å². The lowest BCUT2D eigenvalue weighted by molar-refractivity contribution is 0.377. The Morgan fingerprint density at radius 2 is 2.29 bits per heavy atom. The van der Waals surface area contributed by atoms with Crippen molar-refractivity contribution in [3.63, 3.8) is 0 Å². The maximum absolute atomic E-state index is 5.65. The SMILES string of the molecule is CC1CC1c1nc(-c2cc(N)ncc2Br)no1. The van der Waals surface area contributed by atoms with Crippen molar-refractivity contribution in [2.24, 2.45) is 5.92 Å². The summed E-state index contributed by atoms with van der Waals surface area (Å²) in [5, 5.41) is 3.98. The van der Waals surface area contributed by atoms with E-state index in [4.69, 9.17) is 10.3 Å². The van der Waals surface area contributed by atoms with E-state index in [1.807, 2.05) is 0 Å². The normalized spacial score (nSPS) is 22.7. The third kappa shape index (κ3) is 1.93. The molecule has 3 rings (SSSR count). The van der Waals surface area contributed by atoms with E-state index in [-0.39, 0.29) is 0 Å². The van der Waals surface area contributed by atoms with Gasteiger partial charge in [0.2, 0.25) is 11.7 Å². The summed E-state index contributed by atoms with van der Waals surface area (Å²) in [5.41, 5.74) is 6.45. The first-order chi connectivity index (χ1) is 8.15. The van der Waals surface area contributed by atoms with Crippen LogP contribution in [0.3, 0.4) is 0 Å². The van der Waals surface area contributed by atoms with Gasteiger partial charge in [0.1, 0.15) is 5.82 Å². The van der Waals surface area contributed by atoms with Crippen LogP contribution in [0.25, 0.3) is 11.4 Å². The quantitative estimate of drug-likeness (QED) is 0.921. The number of rotatable bonds is 2. The number of halogens is 1. The number of nitrogen functional groups attached to an aromatic ring is 1. The minimum atomic E-state index is 0.425. The van der Waals surface area contributed by atoms with Gasteiger partial charge in [0, 0.05) is 22.2 Å². The fourth-order valence-corrected chi connectivity index (χ4v) is 2.18. The zero-order valence-corrected chi connectivity index (χ0v) is 10.8. The largest absolute Gasteiger partial charge is 0.384 e. The first-order valence-corrected chi connectivity index (χ1v) is 6.19. The number of hydrogen-bond acceptors (Lipinski definition) is 5.